The predicted octanol–water partition coefficient (Wildman–Crippen LogP) is 2.24. The molecular formula is C14H18ClF3N4. The van der Waals surface area contributed by atoms with Gasteiger partial charge in [0.05, 0.1) is 10.6 Å². The molecule has 1 unspecified atom stereocenters. The number of piperazine rings is 1. The lowest BCUT2D eigenvalue weighted by molar-refractivity contribution is -0.137. The highest BCUT2D eigenvalue weighted by Gasteiger charge is 2.34. The topological polar surface area (TPSA) is 31.4 Å². The zero-order chi connectivity index (χ0) is 15.7. The van der Waals surface area contributed by atoms with E-state index in [1.165, 1.54) is 0 Å². The van der Waals surface area contributed by atoms with Crippen molar-refractivity contribution in [3.8, 4) is 0 Å². The molecule has 3 rings (SSSR count). The van der Waals surface area contributed by atoms with Gasteiger partial charge < -0.3 is 10.2 Å². The molecule has 1 aromatic heterocycles. The Morgan fingerprint density at radius 1 is 1.23 bits per heavy atom. The van der Waals surface area contributed by atoms with Crippen molar-refractivity contribution in [2.24, 2.45) is 0 Å². The Balaban J connectivity index is 1.70. The summed E-state index contributed by atoms with van der Waals surface area (Å²) in [6.45, 7) is 5.51. The van der Waals surface area contributed by atoms with Gasteiger partial charge in [-0.1, -0.05) is 11.6 Å². The van der Waals surface area contributed by atoms with Gasteiger partial charge in [-0.25, -0.2) is 4.98 Å². The first-order chi connectivity index (χ1) is 10.4. The number of aromatic nitrogens is 1. The average Bonchev–Trinajstić information content (AvgIpc) is 2.96. The van der Waals surface area contributed by atoms with Crippen molar-refractivity contribution < 1.29 is 13.2 Å². The summed E-state index contributed by atoms with van der Waals surface area (Å²) in [4.78, 5) is 8.36. The van der Waals surface area contributed by atoms with Crippen LogP contribution < -0.4 is 10.2 Å². The maximum Gasteiger partial charge on any atom is 0.417 e. The molecule has 122 valence electrons. The monoisotopic (exact) mass is 334 g/mol. The minimum absolute atomic E-state index is 0.0655. The van der Waals surface area contributed by atoms with E-state index >= 15 is 0 Å². The van der Waals surface area contributed by atoms with Gasteiger partial charge in [-0.2, -0.15) is 13.2 Å². The molecule has 1 aromatic rings. The first-order valence-electron chi connectivity index (χ1n) is 7.37. The van der Waals surface area contributed by atoms with Crippen molar-refractivity contribution in [3.63, 3.8) is 0 Å². The van der Waals surface area contributed by atoms with Crippen molar-refractivity contribution in [3.05, 3.63) is 22.8 Å². The van der Waals surface area contributed by atoms with Gasteiger partial charge >= 0.3 is 6.18 Å². The fourth-order valence-corrected chi connectivity index (χ4v) is 3.38. The number of pyridine rings is 1. The quantitative estimate of drug-likeness (QED) is 0.899. The van der Waals surface area contributed by atoms with Gasteiger partial charge in [-0.05, 0) is 12.5 Å². The number of hydrogen-bond acceptors (Lipinski definition) is 4. The molecule has 4 nitrogen and oxygen atoms in total. The molecule has 1 atom stereocenters. The lowest BCUT2D eigenvalue weighted by Crippen LogP contribution is -2.49. The molecule has 0 bridgehead atoms. The van der Waals surface area contributed by atoms with E-state index in [1.807, 2.05) is 4.90 Å². The third-order valence-electron chi connectivity index (χ3n) is 4.28. The van der Waals surface area contributed by atoms with Crippen LogP contribution in [0.4, 0.5) is 19.0 Å². The molecule has 0 saturated carbocycles. The van der Waals surface area contributed by atoms with Crippen molar-refractivity contribution in [1.29, 1.82) is 0 Å². The number of nitrogens with zero attached hydrogens (tertiary/aromatic N) is 3. The molecule has 2 fully saturated rings. The maximum atomic E-state index is 12.7. The normalized spacial score (nSPS) is 24.0. The third kappa shape index (κ3) is 3.31. The molecule has 0 amide bonds. The maximum absolute atomic E-state index is 12.7. The highest BCUT2D eigenvalue weighted by Crippen LogP contribution is 2.34. The molecule has 2 aliphatic rings. The number of halogens is 4. The first kappa shape index (κ1) is 15.8. The highest BCUT2D eigenvalue weighted by molar-refractivity contribution is 6.33. The predicted molar refractivity (Wildman–Crippen MR) is 79.3 cm³/mol. The largest absolute Gasteiger partial charge is 0.417 e. The summed E-state index contributed by atoms with van der Waals surface area (Å²) in [5.41, 5.74) is -0.806. The lowest BCUT2D eigenvalue weighted by atomic mass is 10.2. The second-order valence-corrected chi connectivity index (χ2v) is 6.11. The third-order valence-corrected chi connectivity index (χ3v) is 4.56. The van der Waals surface area contributed by atoms with E-state index in [4.69, 9.17) is 11.6 Å². The SMILES string of the molecule is FC(F)(F)c1cnc(N2CCC(N3CCNCC3)C2)c(Cl)c1. The highest BCUT2D eigenvalue weighted by atomic mass is 35.5. The van der Waals surface area contributed by atoms with Crippen molar-refractivity contribution in [1.82, 2.24) is 15.2 Å². The van der Waals surface area contributed by atoms with Crippen LogP contribution in [0, 0.1) is 0 Å². The summed E-state index contributed by atoms with van der Waals surface area (Å²) >= 11 is 6.02. The molecule has 2 aliphatic heterocycles. The number of hydrogen-bond donors (Lipinski definition) is 1. The fourth-order valence-electron chi connectivity index (χ4n) is 3.10. The van der Waals surface area contributed by atoms with Crippen LogP contribution in [0.15, 0.2) is 12.3 Å². The molecule has 3 heterocycles. The zero-order valence-corrected chi connectivity index (χ0v) is 12.8. The van der Waals surface area contributed by atoms with Crippen molar-refractivity contribution in [2.45, 2.75) is 18.6 Å². The molecule has 1 N–H and O–H groups in total. The van der Waals surface area contributed by atoms with Crippen molar-refractivity contribution >= 4 is 17.4 Å². The Morgan fingerprint density at radius 3 is 2.59 bits per heavy atom. The van der Waals surface area contributed by atoms with Crippen LogP contribution in [-0.4, -0.2) is 55.2 Å². The van der Waals surface area contributed by atoms with Crippen LogP contribution >= 0.6 is 11.6 Å². The van der Waals surface area contributed by atoms with Gasteiger partial charge in [-0.15, -0.1) is 0 Å². The van der Waals surface area contributed by atoms with E-state index < -0.39 is 11.7 Å². The number of nitrogens with one attached hydrogen (secondary N) is 1. The Hall–Kier alpha value is -1.05. The van der Waals surface area contributed by atoms with Crippen LogP contribution in [-0.2, 0) is 6.18 Å². The smallest absolute Gasteiger partial charge is 0.354 e. The van der Waals surface area contributed by atoms with Crippen LogP contribution in [0.25, 0.3) is 0 Å². The first-order valence-corrected chi connectivity index (χ1v) is 7.75. The number of anilines is 1. The second kappa shape index (κ2) is 6.22. The molecule has 0 spiro atoms. The van der Waals surface area contributed by atoms with Gasteiger partial charge in [0.1, 0.15) is 5.82 Å². The summed E-state index contributed by atoms with van der Waals surface area (Å²) < 4.78 is 38.0. The molecule has 22 heavy (non-hydrogen) atoms. The Morgan fingerprint density at radius 2 is 1.95 bits per heavy atom. The van der Waals surface area contributed by atoms with Gasteiger partial charge in [0.2, 0.25) is 0 Å². The zero-order valence-electron chi connectivity index (χ0n) is 12.0. The van der Waals surface area contributed by atoms with Crippen LogP contribution in [0.3, 0.4) is 0 Å². The number of alkyl halides is 3. The van der Waals surface area contributed by atoms with E-state index in [2.05, 4.69) is 15.2 Å². The molecular weight excluding hydrogens is 317 g/mol. The summed E-state index contributed by atoms with van der Waals surface area (Å²) in [7, 11) is 0. The van der Waals surface area contributed by atoms with Gasteiger partial charge in [0, 0.05) is 51.5 Å². The molecule has 0 aliphatic carbocycles. The Kier molecular flexibility index (Phi) is 4.47. The summed E-state index contributed by atoms with van der Waals surface area (Å²) in [6, 6.07) is 1.38. The van der Waals surface area contributed by atoms with Gasteiger partial charge in [-0.3, -0.25) is 4.90 Å². The van der Waals surface area contributed by atoms with E-state index in [0.29, 0.717) is 11.9 Å². The standard InChI is InChI=1S/C14H18ClF3N4/c15-12-7-10(14(16,17)18)8-20-13(12)22-4-1-11(9-22)21-5-2-19-3-6-21/h7-8,11,19H,1-6,9H2. The van der Waals surface area contributed by atoms with E-state index in [0.717, 1.165) is 58.0 Å². The summed E-state index contributed by atoms with van der Waals surface area (Å²) in [5.74, 6) is 0.451. The Labute approximate surface area is 132 Å². The molecule has 8 heteroatoms. The van der Waals surface area contributed by atoms with Gasteiger partial charge in [0.25, 0.3) is 0 Å². The average molecular weight is 335 g/mol. The fraction of sp³-hybridized carbons (Fsp3) is 0.643. The van der Waals surface area contributed by atoms with Crippen LogP contribution in [0.5, 0.6) is 0 Å². The van der Waals surface area contributed by atoms with Crippen molar-refractivity contribution in [2.75, 3.05) is 44.2 Å². The molecule has 0 aromatic carbocycles. The van der Waals surface area contributed by atoms with E-state index in [9.17, 15) is 13.2 Å². The summed E-state index contributed by atoms with van der Waals surface area (Å²) in [5, 5.41) is 3.38. The minimum Gasteiger partial charge on any atom is -0.354 e. The lowest BCUT2D eigenvalue weighted by Gasteiger charge is -2.32. The Bertz CT molecular complexity index is 531. The van der Waals surface area contributed by atoms with Crippen LogP contribution in [0.1, 0.15) is 12.0 Å². The summed E-state index contributed by atoms with van der Waals surface area (Å²) in [6.07, 6.45) is -2.57. The van der Waals surface area contributed by atoms with Gasteiger partial charge in [0.15, 0.2) is 0 Å². The van der Waals surface area contributed by atoms with Crippen LogP contribution in [0.2, 0.25) is 5.02 Å². The van der Waals surface area contributed by atoms with E-state index in [-0.39, 0.29) is 5.02 Å². The number of rotatable bonds is 2. The van der Waals surface area contributed by atoms with E-state index in [1.54, 1.807) is 0 Å². The molecule has 2 saturated heterocycles. The second-order valence-electron chi connectivity index (χ2n) is 5.70. The minimum atomic E-state index is -4.41. The molecule has 0 radical (unpaired) electrons.